The molecule has 0 aromatic heterocycles. The van der Waals surface area contributed by atoms with Gasteiger partial charge < -0.3 is 64.2 Å². The van der Waals surface area contributed by atoms with Crippen molar-refractivity contribution < 1.29 is 73.8 Å². The number of aliphatic hydroxyl groups excluding tert-OH is 7. The molecular formula is C55H100O15. The van der Waals surface area contributed by atoms with Crippen LogP contribution in [0.2, 0.25) is 0 Å². The first-order valence-corrected chi connectivity index (χ1v) is 27.9. The summed E-state index contributed by atoms with van der Waals surface area (Å²) in [7, 11) is 0. The third-order valence-electron chi connectivity index (χ3n) is 13.5. The van der Waals surface area contributed by atoms with Crippen molar-refractivity contribution in [1.82, 2.24) is 0 Å². The molecule has 15 heteroatoms. The molecule has 15 nitrogen and oxygen atoms in total. The maximum Gasteiger partial charge on any atom is 0.306 e. The first-order valence-electron chi connectivity index (χ1n) is 27.9. The summed E-state index contributed by atoms with van der Waals surface area (Å²) >= 11 is 0. The number of allylic oxidation sites excluding steroid dienone is 4. The van der Waals surface area contributed by atoms with Crippen LogP contribution >= 0.6 is 0 Å². The zero-order valence-corrected chi connectivity index (χ0v) is 43.5. The molecule has 0 spiro atoms. The molecule has 0 saturated carbocycles. The molecule has 70 heavy (non-hydrogen) atoms. The van der Waals surface area contributed by atoms with Crippen molar-refractivity contribution in [3.63, 3.8) is 0 Å². The molecule has 11 atom stereocenters. The van der Waals surface area contributed by atoms with Crippen molar-refractivity contribution >= 4 is 11.9 Å². The van der Waals surface area contributed by atoms with Crippen molar-refractivity contribution in [2.75, 3.05) is 26.4 Å². The summed E-state index contributed by atoms with van der Waals surface area (Å²) in [6, 6.07) is 0. The Balaban J connectivity index is 1.77. The second-order valence-corrected chi connectivity index (χ2v) is 19.8. The summed E-state index contributed by atoms with van der Waals surface area (Å²) in [6.45, 7) is 2.59. The van der Waals surface area contributed by atoms with Crippen LogP contribution in [0.1, 0.15) is 219 Å². The first-order chi connectivity index (χ1) is 34.0. The lowest BCUT2D eigenvalue weighted by molar-refractivity contribution is -0.332. The lowest BCUT2D eigenvalue weighted by atomic mass is 9.98. The van der Waals surface area contributed by atoms with Crippen LogP contribution in [0, 0.1) is 0 Å². The van der Waals surface area contributed by atoms with Crippen molar-refractivity contribution in [2.45, 2.75) is 287 Å². The molecule has 410 valence electrons. The number of hydrogen-bond acceptors (Lipinski definition) is 15. The fourth-order valence-corrected chi connectivity index (χ4v) is 8.86. The number of hydrogen-bond donors (Lipinski definition) is 7. The lowest BCUT2D eigenvalue weighted by Gasteiger charge is -2.42. The Bertz CT molecular complexity index is 1310. The Labute approximate surface area is 422 Å². The summed E-state index contributed by atoms with van der Waals surface area (Å²) in [5.74, 6) is -0.932. The van der Waals surface area contributed by atoms with Crippen LogP contribution in [0.25, 0.3) is 0 Å². The highest BCUT2D eigenvalue weighted by Gasteiger charge is 2.47. The van der Waals surface area contributed by atoms with Crippen LogP contribution in [0.4, 0.5) is 0 Å². The fraction of sp³-hybridized carbons (Fsp3) is 0.891. The molecule has 0 aromatic carbocycles. The minimum absolute atomic E-state index is 0.166. The second kappa shape index (κ2) is 42.3. The number of aliphatic hydroxyl groups is 7. The van der Waals surface area contributed by atoms with E-state index < -0.39 is 92.7 Å². The summed E-state index contributed by atoms with van der Waals surface area (Å²) in [6.07, 6.45) is 27.7. The number of ether oxygens (including phenoxy) is 6. The third-order valence-corrected chi connectivity index (χ3v) is 13.5. The Morgan fingerprint density at radius 2 is 0.843 bits per heavy atom. The van der Waals surface area contributed by atoms with Crippen molar-refractivity contribution in [3.8, 4) is 0 Å². The van der Waals surface area contributed by atoms with E-state index in [1.54, 1.807) is 0 Å². The van der Waals surface area contributed by atoms with E-state index in [1.165, 1.54) is 122 Å². The van der Waals surface area contributed by atoms with Gasteiger partial charge >= 0.3 is 11.9 Å². The molecule has 2 aliphatic heterocycles. The minimum atomic E-state index is -1.76. The van der Waals surface area contributed by atoms with Gasteiger partial charge in [0.15, 0.2) is 18.7 Å². The third kappa shape index (κ3) is 29.6. The number of rotatable bonds is 44. The molecule has 2 rings (SSSR count). The van der Waals surface area contributed by atoms with Gasteiger partial charge in [0.25, 0.3) is 0 Å². The van der Waals surface area contributed by atoms with Crippen LogP contribution in [-0.4, -0.2) is 142 Å². The van der Waals surface area contributed by atoms with E-state index in [4.69, 9.17) is 28.4 Å². The zero-order chi connectivity index (χ0) is 51.0. The number of esters is 2. The van der Waals surface area contributed by atoms with E-state index in [2.05, 4.69) is 38.2 Å². The molecule has 2 heterocycles. The van der Waals surface area contributed by atoms with E-state index in [1.807, 2.05) is 0 Å². The quantitative estimate of drug-likeness (QED) is 0.0172. The van der Waals surface area contributed by atoms with Gasteiger partial charge in [0.1, 0.15) is 55.4 Å². The standard InChI is InChI=1S/C55H100O15/c1-3-5-7-9-11-13-15-17-19-20-21-22-24-26-28-30-32-34-36-38-47(58)68-43(40-65-46(57)37-35-33-31-29-27-25-23-18-16-14-12-10-8-6-4-2)41-66-54-53(64)51(62)49(60)45(70-54)42-67-55-52(63)50(61)48(59)44(39-56)69-55/h14,16,18,23,43-45,48-56,59-64H,3-13,15,17,19-22,24-42H2,1-2H3/b16-14+,23-18+/t43-,44+,45+,48-,49-,50?,51?,52?,53?,54+,55+/m1/s1. The Hall–Kier alpha value is -2.02. The molecule has 0 aromatic rings. The molecule has 0 radical (unpaired) electrons. The second-order valence-electron chi connectivity index (χ2n) is 19.8. The number of unbranched alkanes of at least 4 members (excludes halogenated alkanes) is 27. The molecule has 0 amide bonds. The van der Waals surface area contributed by atoms with Gasteiger partial charge in [-0.05, 0) is 38.5 Å². The Morgan fingerprint density at radius 1 is 0.457 bits per heavy atom. The highest BCUT2D eigenvalue weighted by molar-refractivity contribution is 5.70. The molecule has 2 fully saturated rings. The highest BCUT2D eigenvalue weighted by atomic mass is 16.7. The molecular weight excluding hydrogens is 901 g/mol. The van der Waals surface area contributed by atoms with Gasteiger partial charge in [-0.2, -0.15) is 0 Å². The smallest absolute Gasteiger partial charge is 0.306 e. The Kier molecular flexibility index (Phi) is 38.8. The van der Waals surface area contributed by atoms with E-state index in [0.29, 0.717) is 12.8 Å². The predicted octanol–water partition coefficient (Wildman–Crippen LogP) is 8.72. The monoisotopic (exact) mass is 1000 g/mol. The van der Waals surface area contributed by atoms with E-state index in [0.717, 1.165) is 57.8 Å². The maximum atomic E-state index is 13.0. The van der Waals surface area contributed by atoms with Crippen LogP contribution in [0.15, 0.2) is 24.3 Å². The summed E-state index contributed by atoms with van der Waals surface area (Å²) in [5.41, 5.74) is 0. The lowest BCUT2D eigenvalue weighted by Crippen LogP contribution is -2.61. The van der Waals surface area contributed by atoms with Gasteiger partial charge in [0.2, 0.25) is 0 Å². The van der Waals surface area contributed by atoms with Gasteiger partial charge in [-0.1, -0.05) is 192 Å². The molecule has 4 unspecified atom stereocenters. The summed E-state index contributed by atoms with van der Waals surface area (Å²) < 4.78 is 33.6. The summed E-state index contributed by atoms with van der Waals surface area (Å²) in [5, 5.41) is 72.2. The number of carbonyl (C=O) groups is 2. The van der Waals surface area contributed by atoms with Crippen molar-refractivity contribution in [2.24, 2.45) is 0 Å². The van der Waals surface area contributed by atoms with Crippen LogP contribution in [0.5, 0.6) is 0 Å². The van der Waals surface area contributed by atoms with E-state index in [9.17, 15) is 45.3 Å². The highest BCUT2D eigenvalue weighted by Crippen LogP contribution is 2.27. The first kappa shape index (κ1) is 64.1. The van der Waals surface area contributed by atoms with Crippen LogP contribution in [-0.2, 0) is 38.0 Å². The van der Waals surface area contributed by atoms with Crippen molar-refractivity contribution in [3.05, 3.63) is 24.3 Å². The Morgan fingerprint density at radius 3 is 1.31 bits per heavy atom. The zero-order valence-electron chi connectivity index (χ0n) is 43.5. The topological polar surface area (TPSA) is 231 Å². The van der Waals surface area contributed by atoms with Gasteiger partial charge in [0, 0.05) is 12.8 Å². The van der Waals surface area contributed by atoms with E-state index in [-0.39, 0.29) is 26.1 Å². The largest absolute Gasteiger partial charge is 0.462 e. The maximum absolute atomic E-state index is 13.0. The van der Waals surface area contributed by atoms with Gasteiger partial charge in [0.05, 0.1) is 19.8 Å². The fourth-order valence-electron chi connectivity index (χ4n) is 8.86. The van der Waals surface area contributed by atoms with Gasteiger partial charge in [-0.15, -0.1) is 0 Å². The molecule has 7 N–H and O–H groups in total. The number of carbonyl (C=O) groups excluding carboxylic acids is 2. The molecule has 2 aliphatic rings. The van der Waals surface area contributed by atoms with Gasteiger partial charge in [-0.3, -0.25) is 9.59 Å². The predicted molar refractivity (Wildman–Crippen MR) is 271 cm³/mol. The summed E-state index contributed by atoms with van der Waals surface area (Å²) in [4.78, 5) is 25.8. The molecule has 2 saturated heterocycles. The molecule has 0 aliphatic carbocycles. The van der Waals surface area contributed by atoms with Crippen molar-refractivity contribution in [1.29, 1.82) is 0 Å². The van der Waals surface area contributed by atoms with Gasteiger partial charge in [-0.25, -0.2) is 0 Å². The SMILES string of the molecule is CCCCCC/C=C/C=C/CCCCCCCC(=O)OC[C@H](CO[C@H]1O[C@@H](CO[C@H]2O[C@@H](CO)[C@@H](O)C(O)C2O)[C@@H](O)C(O)C1O)OC(=O)CCCCCCCCCCCCCCCCCCCCC. The van der Waals surface area contributed by atoms with Crippen LogP contribution in [0.3, 0.4) is 0 Å². The normalized spacial score (nSPS) is 25.5. The van der Waals surface area contributed by atoms with E-state index >= 15 is 0 Å². The van der Waals surface area contributed by atoms with Crippen LogP contribution < -0.4 is 0 Å². The minimum Gasteiger partial charge on any atom is -0.462 e. The molecule has 0 bridgehead atoms. The average molecular weight is 1000 g/mol. The average Bonchev–Trinajstić information content (AvgIpc) is 3.35.